The van der Waals surface area contributed by atoms with Gasteiger partial charge in [-0.25, -0.2) is 9.97 Å². The second-order valence-corrected chi connectivity index (χ2v) is 5.43. The van der Waals surface area contributed by atoms with Gasteiger partial charge in [-0.3, -0.25) is 0 Å². The van der Waals surface area contributed by atoms with Gasteiger partial charge in [0, 0.05) is 17.8 Å². The number of aryl methyl sites for hydroxylation is 3. The molecule has 2 rings (SSSR count). The Bertz CT molecular complexity index is 605. The number of rotatable bonds is 4. The summed E-state index contributed by atoms with van der Waals surface area (Å²) in [6.07, 6.45) is 0. The first-order valence-electron chi connectivity index (χ1n) is 6.90. The van der Waals surface area contributed by atoms with Crippen LogP contribution in [-0.4, -0.2) is 16.0 Å². The molecule has 20 heavy (non-hydrogen) atoms. The number of nitrogens with one attached hydrogen (secondary N) is 2. The topological polar surface area (TPSA) is 49.8 Å². The molecule has 0 aliphatic heterocycles. The van der Waals surface area contributed by atoms with Gasteiger partial charge in [0.05, 0.1) is 0 Å². The average molecular weight is 270 g/mol. The third-order valence-corrected chi connectivity index (χ3v) is 2.92. The van der Waals surface area contributed by atoms with Crippen molar-refractivity contribution in [1.29, 1.82) is 0 Å². The Balaban J connectivity index is 2.26. The molecule has 1 aromatic carbocycles. The van der Waals surface area contributed by atoms with Crippen LogP contribution in [0.15, 0.2) is 24.3 Å². The quantitative estimate of drug-likeness (QED) is 0.882. The number of benzene rings is 1. The number of hydrogen-bond donors (Lipinski definition) is 2. The summed E-state index contributed by atoms with van der Waals surface area (Å²) in [6.45, 7) is 10.3. The number of nitrogens with zero attached hydrogens (tertiary/aromatic N) is 2. The zero-order chi connectivity index (χ0) is 14.7. The molecular formula is C16H22N4. The summed E-state index contributed by atoms with van der Waals surface area (Å²) < 4.78 is 0. The number of anilines is 3. The SMILES string of the molecule is Cc1ccc(Nc2cc(NC(C)C)nc(C)n2)c(C)c1. The van der Waals surface area contributed by atoms with E-state index < -0.39 is 0 Å². The van der Waals surface area contributed by atoms with E-state index in [0.717, 1.165) is 23.1 Å². The molecule has 0 spiro atoms. The molecule has 0 fully saturated rings. The maximum absolute atomic E-state index is 4.44. The monoisotopic (exact) mass is 270 g/mol. The molecule has 106 valence electrons. The van der Waals surface area contributed by atoms with Crippen LogP contribution in [0, 0.1) is 20.8 Å². The predicted octanol–water partition coefficient (Wildman–Crippen LogP) is 3.97. The van der Waals surface area contributed by atoms with E-state index in [0.29, 0.717) is 6.04 Å². The van der Waals surface area contributed by atoms with Gasteiger partial charge in [0.15, 0.2) is 0 Å². The molecule has 2 aromatic rings. The van der Waals surface area contributed by atoms with Gasteiger partial charge in [0.25, 0.3) is 0 Å². The molecule has 0 aliphatic carbocycles. The molecule has 0 amide bonds. The molecule has 0 radical (unpaired) electrons. The van der Waals surface area contributed by atoms with E-state index in [1.807, 2.05) is 13.0 Å². The van der Waals surface area contributed by atoms with Gasteiger partial charge >= 0.3 is 0 Å². The Morgan fingerprint density at radius 3 is 2.30 bits per heavy atom. The third kappa shape index (κ3) is 3.70. The van der Waals surface area contributed by atoms with Crippen molar-refractivity contribution in [2.24, 2.45) is 0 Å². The highest BCUT2D eigenvalue weighted by molar-refractivity contribution is 5.63. The highest BCUT2D eigenvalue weighted by atomic mass is 15.1. The first-order chi connectivity index (χ1) is 9.44. The molecule has 1 aromatic heterocycles. The molecular weight excluding hydrogens is 248 g/mol. The Labute approximate surface area is 120 Å². The lowest BCUT2D eigenvalue weighted by atomic mass is 10.1. The fourth-order valence-corrected chi connectivity index (χ4v) is 2.09. The van der Waals surface area contributed by atoms with E-state index in [4.69, 9.17) is 0 Å². The first-order valence-corrected chi connectivity index (χ1v) is 6.90. The van der Waals surface area contributed by atoms with Gasteiger partial charge in [-0.2, -0.15) is 0 Å². The maximum Gasteiger partial charge on any atom is 0.136 e. The fraction of sp³-hybridized carbons (Fsp3) is 0.375. The van der Waals surface area contributed by atoms with Crippen LogP contribution in [0.4, 0.5) is 17.3 Å². The second kappa shape index (κ2) is 5.90. The lowest BCUT2D eigenvalue weighted by molar-refractivity contribution is 0.881. The molecule has 0 unspecified atom stereocenters. The molecule has 2 N–H and O–H groups in total. The Morgan fingerprint density at radius 2 is 1.65 bits per heavy atom. The van der Waals surface area contributed by atoms with Crippen molar-refractivity contribution in [3.63, 3.8) is 0 Å². The van der Waals surface area contributed by atoms with Crippen molar-refractivity contribution in [2.45, 2.75) is 40.7 Å². The van der Waals surface area contributed by atoms with Crippen LogP contribution >= 0.6 is 0 Å². The molecule has 0 saturated carbocycles. The van der Waals surface area contributed by atoms with Crippen molar-refractivity contribution < 1.29 is 0 Å². The lowest BCUT2D eigenvalue weighted by Gasteiger charge is -2.13. The van der Waals surface area contributed by atoms with E-state index in [9.17, 15) is 0 Å². The fourth-order valence-electron chi connectivity index (χ4n) is 2.09. The van der Waals surface area contributed by atoms with Crippen LogP contribution in [0.1, 0.15) is 30.8 Å². The van der Waals surface area contributed by atoms with Gasteiger partial charge in [-0.15, -0.1) is 0 Å². The summed E-state index contributed by atoms with van der Waals surface area (Å²) in [7, 11) is 0. The van der Waals surface area contributed by atoms with Crippen molar-refractivity contribution >= 4 is 17.3 Å². The molecule has 0 atom stereocenters. The van der Waals surface area contributed by atoms with Crippen LogP contribution in [0.25, 0.3) is 0 Å². The summed E-state index contributed by atoms with van der Waals surface area (Å²) in [5.41, 5.74) is 3.54. The molecule has 4 heteroatoms. The molecule has 4 nitrogen and oxygen atoms in total. The van der Waals surface area contributed by atoms with Gasteiger partial charge < -0.3 is 10.6 Å². The minimum absolute atomic E-state index is 0.346. The van der Waals surface area contributed by atoms with Crippen molar-refractivity contribution in [3.8, 4) is 0 Å². The van der Waals surface area contributed by atoms with E-state index in [2.05, 4.69) is 66.5 Å². The van der Waals surface area contributed by atoms with Crippen LogP contribution in [-0.2, 0) is 0 Å². The summed E-state index contributed by atoms with van der Waals surface area (Å²) in [4.78, 5) is 8.83. The summed E-state index contributed by atoms with van der Waals surface area (Å²) in [5, 5.41) is 6.67. The van der Waals surface area contributed by atoms with Gasteiger partial charge in [0.2, 0.25) is 0 Å². The third-order valence-electron chi connectivity index (χ3n) is 2.92. The Morgan fingerprint density at radius 1 is 0.950 bits per heavy atom. The minimum Gasteiger partial charge on any atom is -0.368 e. The van der Waals surface area contributed by atoms with Gasteiger partial charge in [0.1, 0.15) is 17.5 Å². The smallest absolute Gasteiger partial charge is 0.136 e. The zero-order valence-corrected chi connectivity index (χ0v) is 12.8. The van der Waals surface area contributed by atoms with Crippen LogP contribution < -0.4 is 10.6 Å². The average Bonchev–Trinajstić information content (AvgIpc) is 2.31. The Kier molecular flexibility index (Phi) is 4.23. The molecule has 0 bridgehead atoms. The number of aromatic nitrogens is 2. The molecule has 0 aliphatic rings. The number of hydrogen-bond acceptors (Lipinski definition) is 4. The van der Waals surface area contributed by atoms with E-state index in [-0.39, 0.29) is 0 Å². The zero-order valence-electron chi connectivity index (χ0n) is 12.8. The lowest BCUT2D eigenvalue weighted by Crippen LogP contribution is -2.12. The van der Waals surface area contributed by atoms with E-state index in [1.54, 1.807) is 0 Å². The van der Waals surface area contributed by atoms with Gasteiger partial charge in [-0.1, -0.05) is 17.7 Å². The van der Waals surface area contributed by atoms with Crippen LogP contribution in [0.2, 0.25) is 0 Å². The second-order valence-electron chi connectivity index (χ2n) is 5.43. The van der Waals surface area contributed by atoms with Crippen LogP contribution in [0.5, 0.6) is 0 Å². The normalized spacial score (nSPS) is 10.7. The Hall–Kier alpha value is -2.10. The molecule has 0 saturated heterocycles. The van der Waals surface area contributed by atoms with Crippen LogP contribution in [0.3, 0.4) is 0 Å². The van der Waals surface area contributed by atoms with Crippen molar-refractivity contribution in [2.75, 3.05) is 10.6 Å². The minimum atomic E-state index is 0.346. The highest BCUT2D eigenvalue weighted by Gasteiger charge is 2.05. The van der Waals surface area contributed by atoms with Crippen molar-refractivity contribution in [3.05, 3.63) is 41.2 Å². The molecule has 1 heterocycles. The summed E-state index contributed by atoms with van der Waals surface area (Å²) in [5.74, 6) is 2.41. The van der Waals surface area contributed by atoms with Crippen molar-refractivity contribution in [1.82, 2.24) is 9.97 Å². The first kappa shape index (κ1) is 14.3. The predicted molar refractivity (Wildman–Crippen MR) is 84.7 cm³/mol. The van der Waals surface area contributed by atoms with E-state index >= 15 is 0 Å². The maximum atomic E-state index is 4.44. The summed E-state index contributed by atoms with van der Waals surface area (Å²) >= 11 is 0. The highest BCUT2D eigenvalue weighted by Crippen LogP contribution is 2.21. The largest absolute Gasteiger partial charge is 0.368 e. The van der Waals surface area contributed by atoms with E-state index in [1.165, 1.54) is 11.1 Å². The standard InChI is InChI=1S/C16H22N4/c1-10(2)17-15-9-16(19-13(5)18-15)20-14-7-6-11(3)8-12(14)4/h6-10H,1-5H3,(H2,17,18,19,20). The summed E-state index contributed by atoms with van der Waals surface area (Å²) in [6, 6.07) is 8.61. The van der Waals surface area contributed by atoms with Gasteiger partial charge in [-0.05, 0) is 46.2 Å².